The van der Waals surface area contributed by atoms with Crippen LogP contribution in [0.15, 0.2) is 40.3 Å². The Balaban J connectivity index is 1.70. The summed E-state index contributed by atoms with van der Waals surface area (Å²) in [7, 11) is 0. The Bertz CT molecular complexity index is 1070. The monoisotopic (exact) mass is 428 g/mol. The molecule has 5 nitrogen and oxygen atoms in total. The number of aromatic nitrogens is 2. The fourth-order valence-electron chi connectivity index (χ4n) is 3.70. The minimum absolute atomic E-state index is 0.0218. The molecule has 4 rings (SSSR count). The van der Waals surface area contributed by atoms with Crippen LogP contribution in [0.5, 0.6) is 0 Å². The standard InChI is InChI=1S/C22H24N2O3S2/c1-2-27-18(25)13-8-14-28-22-23-20-19(16-11-6-7-12-17(16)29-20)21(26)24(22)15-9-4-3-5-10-15/h3-5,9-10H,2,6-8,11-14H2,1H3. The van der Waals surface area contributed by atoms with E-state index < -0.39 is 0 Å². The van der Waals surface area contributed by atoms with Gasteiger partial charge in [-0.15, -0.1) is 11.3 Å². The Morgan fingerprint density at radius 2 is 2.03 bits per heavy atom. The number of carbonyl (C=O) groups is 1. The number of esters is 1. The average molecular weight is 429 g/mol. The molecule has 0 saturated carbocycles. The summed E-state index contributed by atoms with van der Waals surface area (Å²) in [6.07, 6.45) is 5.39. The molecular weight excluding hydrogens is 404 g/mol. The average Bonchev–Trinajstić information content (AvgIpc) is 3.11. The van der Waals surface area contributed by atoms with Gasteiger partial charge >= 0.3 is 5.97 Å². The van der Waals surface area contributed by atoms with Crippen LogP contribution in [0, 0.1) is 0 Å². The van der Waals surface area contributed by atoms with E-state index >= 15 is 0 Å². The first-order valence-electron chi connectivity index (χ1n) is 10.1. The van der Waals surface area contributed by atoms with Crippen LogP contribution in [0.3, 0.4) is 0 Å². The van der Waals surface area contributed by atoms with Gasteiger partial charge in [0.1, 0.15) is 4.83 Å². The highest BCUT2D eigenvalue weighted by Crippen LogP contribution is 2.35. The lowest BCUT2D eigenvalue weighted by Gasteiger charge is -2.13. The number of hydrogen-bond donors (Lipinski definition) is 0. The minimum atomic E-state index is -0.178. The van der Waals surface area contributed by atoms with Crippen molar-refractivity contribution in [3.63, 3.8) is 0 Å². The number of ether oxygens (including phenoxy) is 1. The van der Waals surface area contributed by atoms with Gasteiger partial charge in [0.15, 0.2) is 5.16 Å². The van der Waals surface area contributed by atoms with E-state index in [0.29, 0.717) is 30.4 Å². The molecule has 0 N–H and O–H groups in total. The van der Waals surface area contributed by atoms with E-state index in [2.05, 4.69) is 0 Å². The molecule has 0 unspecified atom stereocenters. The predicted octanol–water partition coefficient (Wildman–Crippen LogP) is 4.76. The molecule has 0 aliphatic heterocycles. The number of para-hydroxylation sites is 1. The van der Waals surface area contributed by atoms with Gasteiger partial charge in [-0.1, -0.05) is 30.0 Å². The summed E-state index contributed by atoms with van der Waals surface area (Å²) in [6.45, 7) is 2.21. The second kappa shape index (κ2) is 9.13. The van der Waals surface area contributed by atoms with Crippen LogP contribution in [-0.2, 0) is 22.4 Å². The second-order valence-corrected chi connectivity index (χ2v) is 9.16. The zero-order valence-electron chi connectivity index (χ0n) is 16.5. The third-order valence-corrected chi connectivity index (χ3v) is 7.24. The van der Waals surface area contributed by atoms with Gasteiger partial charge in [-0.05, 0) is 56.7 Å². The summed E-state index contributed by atoms with van der Waals surface area (Å²) in [5, 5.41) is 1.49. The van der Waals surface area contributed by atoms with Gasteiger partial charge < -0.3 is 4.74 Å². The van der Waals surface area contributed by atoms with Gasteiger partial charge in [-0.3, -0.25) is 14.2 Å². The number of thioether (sulfide) groups is 1. The van der Waals surface area contributed by atoms with Crippen LogP contribution in [0.4, 0.5) is 0 Å². The first-order chi connectivity index (χ1) is 14.2. The molecule has 1 aliphatic carbocycles. The maximum absolute atomic E-state index is 13.6. The molecule has 2 heterocycles. The summed E-state index contributed by atoms with van der Waals surface area (Å²) >= 11 is 3.20. The van der Waals surface area contributed by atoms with Gasteiger partial charge in [-0.2, -0.15) is 0 Å². The van der Waals surface area contributed by atoms with Crippen molar-refractivity contribution in [3.8, 4) is 5.69 Å². The summed E-state index contributed by atoms with van der Waals surface area (Å²) in [4.78, 5) is 32.2. The molecule has 2 aromatic heterocycles. The molecule has 0 saturated heterocycles. The highest BCUT2D eigenvalue weighted by molar-refractivity contribution is 7.99. The smallest absolute Gasteiger partial charge is 0.305 e. The maximum Gasteiger partial charge on any atom is 0.305 e. The van der Waals surface area contributed by atoms with E-state index in [1.54, 1.807) is 15.9 Å². The molecule has 1 aliphatic rings. The summed E-state index contributed by atoms with van der Waals surface area (Å²) in [6, 6.07) is 9.69. The van der Waals surface area contributed by atoms with Gasteiger partial charge in [0, 0.05) is 17.1 Å². The van der Waals surface area contributed by atoms with Crippen molar-refractivity contribution in [2.75, 3.05) is 12.4 Å². The first kappa shape index (κ1) is 20.2. The summed E-state index contributed by atoms with van der Waals surface area (Å²) in [5.41, 5.74) is 2.06. The molecule has 0 fully saturated rings. The number of thiophene rings is 1. The molecule has 3 aromatic rings. The quantitative estimate of drug-likeness (QED) is 0.235. The van der Waals surface area contributed by atoms with E-state index in [1.165, 1.54) is 28.6 Å². The van der Waals surface area contributed by atoms with Crippen molar-refractivity contribution in [1.29, 1.82) is 0 Å². The Labute approximate surface area is 178 Å². The minimum Gasteiger partial charge on any atom is -0.466 e. The molecule has 0 spiro atoms. The highest BCUT2D eigenvalue weighted by atomic mass is 32.2. The van der Waals surface area contributed by atoms with Crippen molar-refractivity contribution in [2.45, 2.75) is 50.6 Å². The van der Waals surface area contributed by atoms with Crippen LogP contribution >= 0.6 is 23.1 Å². The van der Waals surface area contributed by atoms with Crippen molar-refractivity contribution in [3.05, 3.63) is 51.1 Å². The lowest BCUT2D eigenvalue weighted by molar-refractivity contribution is -0.143. The van der Waals surface area contributed by atoms with E-state index in [-0.39, 0.29) is 11.5 Å². The number of benzene rings is 1. The number of hydrogen-bond acceptors (Lipinski definition) is 6. The zero-order chi connectivity index (χ0) is 20.2. The van der Waals surface area contributed by atoms with Crippen molar-refractivity contribution >= 4 is 39.3 Å². The van der Waals surface area contributed by atoms with Crippen LogP contribution in [0.2, 0.25) is 0 Å². The lowest BCUT2D eigenvalue weighted by atomic mass is 9.97. The van der Waals surface area contributed by atoms with Crippen LogP contribution in [0.1, 0.15) is 43.0 Å². The zero-order valence-corrected chi connectivity index (χ0v) is 18.1. The number of rotatable bonds is 7. The first-order valence-corrected chi connectivity index (χ1v) is 11.9. The second-order valence-electron chi connectivity index (χ2n) is 7.02. The lowest BCUT2D eigenvalue weighted by Crippen LogP contribution is -2.22. The Kier molecular flexibility index (Phi) is 6.35. The van der Waals surface area contributed by atoms with Crippen molar-refractivity contribution in [1.82, 2.24) is 9.55 Å². The van der Waals surface area contributed by atoms with Crippen molar-refractivity contribution in [2.24, 2.45) is 0 Å². The molecule has 0 radical (unpaired) electrons. The largest absolute Gasteiger partial charge is 0.466 e. The topological polar surface area (TPSA) is 61.2 Å². The molecule has 0 atom stereocenters. The van der Waals surface area contributed by atoms with E-state index in [1.807, 2.05) is 37.3 Å². The SMILES string of the molecule is CCOC(=O)CCCSc1nc2sc3c(c2c(=O)n1-c1ccccc1)CCCC3. The molecule has 0 bridgehead atoms. The molecule has 7 heteroatoms. The van der Waals surface area contributed by atoms with E-state index in [9.17, 15) is 9.59 Å². The van der Waals surface area contributed by atoms with Gasteiger partial charge in [-0.25, -0.2) is 4.98 Å². The van der Waals surface area contributed by atoms with Crippen LogP contribution in [0.25, 0.3) is 15.9 Å². The van der Waals surface area contributed by atoms with Gasteiger partial charge in [0.25, 0.3) is 5.56 Å². The third-order valence-electron chi connectivity index (χ3n) is 5.03. The van der Waals surface area contributed by atoms with E-state index in [0.717, 1.165) is 35.2 Å². The molecule has 29 heavy (non-hydrogen) atoms. The Morgan fingerprint density at radius 1 is 1.24 bits per heavy atom. The molecule has 0 amide bonds. The number of nitrogens with zero attached hydrogens (tertiary/aromatic N) is 2. The van der Waals surface area contributed by atoms with Crippen LogP contribution < -0.4 is 5.56 Å². The normalized spacial score (nSPS) is 13.4. The summed E-state index contributed by atoms with van der Waals surface area (Å²) < 4.78 is 6.73. The van der Waals surface area contributed by atoms with E-state index in [4.69, 9.17) is 9.72 Å². The van der Waals surface area contributed by atoms with Gasteiger partial charge in [0.2, 0.25) is 0 Å². The molecule has 152 valence electrons. The number of carbonyl (C=O) groups excluding carboxylic acids is 1. The Morgan fingerprint density at radius 3 is 2.83 bits per heavy atom. The number of aryl methyl sites for hydroxylation is 2. The Hall–Kier alpha value is -2.12. The fourth-order valence-corrected chi connectivity index (χ4v) is 5.96. The summed E-state index contributed by atoms with van der Waals surface area (Å²) in [5.74, 6) is 0.525. The third kappa shape index (κ3) is 4.26. The number of fused-ring (bicyclic) bond motifs is 3. The highest BCUT2D eigenvalue weighted by Gasteiger charge is 2.22. The van der Waals surface area contributed by atoms with Gasteiger partial charge in [0.05, 0.1) is 17.7 Å². The fraction of sp³-hybridized carbons (Fsp3) is 0.409. The molecular formula is C22H24N2O3S2. The van der Waals surface area contributed by atoms with Crippen LogP contribution in [-0.4, -0.2) is 27.9 Å². The van der Waals surface area contributed by atoms with Crippen molar-refractivity contribution < 1.29 is 9.53 Å². The predicted molar refractivity (Wildman–Crippen MR) is 118 cm³/mol. The molecule has 1 aromatic carbocycles. The maximum atomic E-state index is 13.6.